The van der Waals surface area contributed by atoms with Gasteiger partial charge in [-0.05, 0) is 29.7 Å². The van der Waals surface area contributed by atoms with Gasteiger partial charge in [-0.2, -0.15) is 5.10 Å². The van der Waals surface area contributed by atoms with Gasteiger partial charge in [0.05, 0.1) is 0 Å². The van der Waals surface area contributed by atoms with Gasteiger partial charge in [0, 0.05) is 23.8 Å². The van der Waals surface area contributed by atoms with Crippen LogP contribution in [-0.4, -0.2) is 15.7 Å². The predicted molar refractivity (Wildman–Crippen MR) is 67.3 cm³/mol. The number of hydrogen-bond donors (Lipinski definition) is 0. The highest BCUT2D eigenvalue weighted by Crippen LogP contribution is 2.21. The molecule has 1 aromatic heterocycles. The van der Waals surface area contributed by atoms with E-state index in [9.17, 15) is 4.79 Å². The van der Waals surface area contributed by atoms with Crippen molar-refractivity contribution in [3.05, 3.63) is 53.3 Å². The van der Waals surface area contributed by atoms with E-state index in [2.05, 4.69) is 5.10 Å². The zero-order valence-corrected chi connectivity index (χ0v) is 10.3. The summed E-state index contributed by atoms with van der Waals surface area (Å²) in [5.41, 5.74) is 1.11. The van der Waals surface area contributed by atoms with Crippen molar-refractivity contribution in [2.24, 2.45) is 0 Å². The first-order valence-corrected chi connectivity index (χ1v) is 5.83. The number of nitrogens with zero attached hydrogens (tertiary/aromatic N) is 2. The van der Waals surface area contributed by atoms with Gasteiger partial charge in [-0.1, -0.05) is 30.7 Å². The first-order chi connectivity index (χ1) is 8.16. The van der Waals surface area contributed by atoms with Gasteiger partial charge in [-0.25, -0.2) is 4.68 Å². The van der Waals surface area contributed by atoms with Gasteiger partial charge >= 0.3 is 0 Å². The summed E-state index contributed by atoms with van der Waals surface area (Å²) in [4.78, 5) is 11.8. The Bertz CT molecular complexity index is 491. The van der Waals surface area contributed by atoms with Gasteiger partial charge in [0.1, 0.15) is 0 Å². The molecule has 0 aliphatic rings. The number of aromatic nitrogens is 2. The minimum atomic E-state index is -0.00236. The summed E-state index contributed by atoms with van der Waals surface area (Å²) in [7, 11) is 0. The number of hydrogen-bond acceptors (Lipinski definition) is 2. The highest BCUT2D eigenvalue weighted by Gasteiger charge is 2.12. The van der Waals surface area contributed by atoms with E-state index in [1.54, 1.807) is 18.5 Å². The summed E-state index contributed by atoms with van der Waals surface area (Å²) in [6.07, 6.45) is 3.70. The van der Waals surface area contributed by atoms with E-state index >= 15 is 0 Å². The third-order valence-electron chi connectivity index (χ3n) is 2.68. The molecule has 1 heterocycles. The molecule has 0 saturated heterocycles. The van der Waals surface area contributed by atoms with Crippen LogP contribution >= 0.6 is 11.6 Å². The van der Waals surface area contributed by atoms with Gasteiger partial charge in [-0.3, -0.25) is 4.79 Å². The molecule has 0 aliphatic carbocycles. The molecule has 1 aromatic carbocycles. The predicted octanol–water partition coefficient (Wildman–Crippen LogP) is 3.37. The first-order valence-electron chi connectivity index (χ1n) is 5.45. The van der Waals surface area contributed by atoms with Crippen molar-refractivity contribution in [2.45, 2.75) is 19.3 Å². The fourth-order valence-electron chi connectivity index (χ4n) is 1.68. The Balaban J connectivity index is 2.04. The van der Waals surface area contributed by atoms with Gasteiger partial charge in [0.25, 0.3) is 0 Å². The van der Waals surface area contributed by atoms with Gasteiger partial charge < -0.3 is 0 Å². The highest BCUT2D eigenvalue weighted by molar-refractivity contribution is 6.30. The second-order valence-electron chi connectivity index (χ2n) is 4.00. The lowest BCUT2D eigenvalue weighted by molar-refractivity contribution is 0.0879. The van der Waals surface area contributed by atoms with Crippen molar-refractivity contribution in [1.29, 1.82) is 0 Å². The van der Waals surface area contributed by atoms with Crippen LogP contribution in [0.25, 0.3) is 0 Å². The number of rotatable bonds is 3. The maximum Gasteiger partial charge on any atom is 0.247 e. The Labute approximate surface area is 105 Å². The molecule has 1 atom stereocenters. The van der Waals surface area contributed by atoms with Gasteiger partial charge in [0.2, 0.25) is 5.91 Å². The minimum Gasteiger partial charge on any atom is -0.273 e. The monoisotopic (exact) mass is 248 g/mol. The number of halogens is 1. The fourth-order valence-corrected chi connectivity index (χ4v) is 1.81. The molecule has 0 N–H and O–H groups in total. The summed E-state index contributed by atoms with van der Waals surface area (Å²) in [6, 6.07) is 9.31. The van der Waals surface area contributed by atoms with E-state index in [0.29, 0.717) is 11.4 Å². The third kappa shape index (κ3) is 2.94. The van der Waals surface area contributed by atoms with Crippen molar-refractivity contribution >= 4 is 17.5 Å². The Morgan fingerprint density at radius 1 is 1.41 bits per heavy atom. The summed E-state index contributed by atoms with van der Waals surface area (Å²) >= 11 is 5.82. The van der Waals surface area contributed by atoms with E-state index in [-0.39, 0.29) is 11.8 Å². The van der Waals surface area contributed by atoms with E-state index in [1.165, 1.54) is 4.68 Å². The molecular formula is C13H13ClN2O. The summed E-state index contributed by atoms with van der Waals surface area (Å²) in [5, 5.41) is 4.63. The fraction of sp³-hybridized carbons (Fsp3) is 0.231. The molecule has 0 spiro atoms. The van der Waals surface area contributed by atoms with Crippen LogP contribution in [0.1, 0.15) is 29.6 Å². The number of carbonyl (C=O) groups excluding carboxylic acids is 1. The molecule has 2 rings (SSSR count). The zero-order valence-electron chi connectivity index (χ0n) is 9.51. The second kappa shape index (κ2) is 5.15. The maximum atomic E-state index is 11.8. The lowest BCUT2D eigenvalue weighted by atomic mass is 9.98. The standard InChI is InChI=1S/C13H13ClN2O/c1-10(11-3-5-12(14)6-4-11)9-13(17)16-8-2-7-15-16/h2-8,10H,9H2,1H3. The molecule has 4 heteroatoms. The highest BCUT2D eigenvalue weighted by atomic mass is 35.5. The maximum absolute atomic E-state index is 11.8. The SMILES string of the molecule is CC(CC(=O)n1cccn1)c1ccc(Cl)cc1. The molecule has 2 aromatic rings. The average Bonchev–Trinajstić information content (AvgIpc) is 2.83. The van der Waals surface area contributed by atoms with Crippen LogP contribution in [0.4, 0.5) is 0 Å². The Hall–Kier alpha value is -1.61. The molecule has 88 valence electrons. The summed E-state index contributed by atoms with van der Waals surface area (Å²) in [5.74, 6) is 0.154. The zero-order chi connectivity index (χ0) is 12.3. The van der Waals surface area contributed by atoms with E-state index < -0.39 is 0 Å². The largest absolute Gasteiger partial charge is 0.273 e. The molecule has 3 nitrogen and oxygen atoms in total. The molecule has 17 heavy (non-hydrogen) atoms. The number of carbonyl (C=O) groups is 1. The quantitative estimate of drug-likeness (QED) is 0.835. The average molecular weight is 249 g/mol. The molecule has 0 radical (unpaired) electrons. The Morgan fingerprint density at radius 2 is 2.12 bits per heavy atom. The minimum absolute atomic E-state index is 0.00236. The van der Waals surface area contributed by atoms with Gasteiger partial charge in [0.15, 0.2) is 0 Å². The van der Waals surface area contributed by atoms with Crippen LogP contribution in [0.5, 0.6) is 0 Å². The van der Waals surface area contributed by atoms with Crippen molar-refractivity contribution in [2.75, 3.05) is 0 Å². The summed E-state index contributed by atoms with van der Waals surface area (Å²) < 4.78 is 1.37. The molecule has 1 unspecified atom stereocenters. The van der Waals surface area contributed by atoms with Crippen molar-refractivity contribution < 1.29 is 4.79 Å². The lowest BCUT2D eigenvalue weighted by Crippen LogP contribution is -2.13. The van der Waals surface area contributed by atoms with E-state index in [1.807, 2.05) is 31.2 Å². The molecule has 0 amide bonds. The second-order valence-corrected chi connectivity index (χ2v) is 4.44. The Morgan fingerprint density at radius 3 is 2.71 bits per heavy atom. The van der Waals surface area contributed by atoms with Crippen LogP contribution in [0.3, 0.4) is 0 Å². The van der Waals surface area contributed by atoms with Gasteiger partial charge in [-0.15, -0.1) is 0 Å². The van der Waals surface area contributed by atoms with Crippen LogP contribution in [-0.2, 0) is 0 Å². The van der Waals surface area contributed by atoms with E-state index in [0.717, 1.165) is 5.56 Å². The topological polar surface area (TPSA) is 34.9 Å². The Kier molecular flexibility index (Phi) is 3.59. The van der Waals surface area contributed by atoms with Crippen LogP contribution in [0, 0.1) is 0 Å². The molecule has 0 aliphatic heterocycles. The lowest BCUT2D eigenvalue weighted by Gasteiger charge is -2.10. The third-order valence-corrected chi connectivity index (χ3v) is 2.93. The molecule has 0 saturated carbocycles. The normalized spacial score (nSPS) is 12.4. The van der Waals surface area contributed by atoms with E-state index in [4.69, 9.17) is 11.6 Å². The van der Waals surface area contributed by atoms with Crippen molar-refractivity contribution in [3.63, 3.8) is 0 Å². The van der Waals surface area contributed by atoms with Crippen LogP contribution in [0.2, 0.25) is 5.02 Å². The smallest absolute Gasteiger partial charge is 0.247 e. The molecule has 0 fully saturated rings. The first kappa shape index (κ1) is 11.9. The van der Waals surface area contributed by atoms with Crippen molar-refractivity contribution in [3.8, 4) is 0 Å². The van der Waals surface area contributed by atoms with Crippen LogP contribution < -0.4 is 0 Å². The summed E-state index contributed by atoms with van der Waals surface area (Å²) in [6.45, 7) is 2.02. The van der Waals surface area contributed by atoms with Crippen LogP contribution in [0.15, 0.2) is 42.7 Å². The van der Waals surface area contributed by atoms with Crippen molar-refractivity contribution in [1.82, 2.24) is 9.78 Å². The molecule has 0 bridgehead atoms. The number of benzene rings is 1. The molecular weight excluding hydrogens is 236 g/mol.